The van der Waals surface area contributed by atoms with Gasteiger partial charge in [-0.25, -0.2) is 4.39 Å². The largest absolute Gasteiger partial charge is 0.325 e. The minimum Gasteiger partial charge on any atom is -0.325 e. The molecule has 1 unspecified atom stereocenters. The highest BCUT2D eigenvalue weighted by Gasteiger charge is 2.41. The number of hydrogen-bond acceptors (Lipinski definition) is 3. The third-order valence-electron chi connectivity index (χ3n) is 5.10. The Morgan fingerprint density at radius 2 is 1.32 bits per heavy atom. The number of ketones is 2. The molecule has 1 N–H and O–H groups in total. The molecule has 4 nitrogen and oxygen atoms in total. The van der Waals surface area contributed by atoms with Gasteiger partial charge in [-0.15, -0.1) is 0 Å². The van der Waals surface area contributed by atoms with Gasteiger partial charge < -0.3 is 5.32 Å². The highest BCUT2D eigenvalue weighted by Crippen LogP contribution is 2.32. The summed E-state index contributed by atoms with van der Waals surface area (Å²) in [6.45, 7) is 3.41. The molecule has 1 amide bonds. The van der Waals surface area contributed by atoms with Crippen molar-refractivity contribution in [3.8, 4) is 0 Å². The van der Waals surface area contributed by atoms with Gasteiger partial charge in [0.05, 0.1) is 5.92 Å². The number of hydrogen-bond donors (Lipinski definition) is 1. The molecule has 0 bridgehead atoms. The van der Waals surface area contributed by atoms with Crippen molar-refractivity contribution in [2.24, 2.45) is 11.8 Å². The van der Waals surface area contributed by atoms with Gasteiger partial charge in [-0.2, -0.15) is 0 Å². The fourth-order valence-electron chi connectivity index (χ4n) is 3.49. The molecule has 2 atom stereocenters. The van der Waals surface area contributed by atoms with Crippen molar-refractivity contribution in [3.05, 3.63) is 102 Å². The number of anilines is 1. The summed E-state index contributed by atoms with van der Waals surface area (Å²) in [4.78, 5) is 40.1. The third kappa shape index (κ3) is 5.31. The van der Waals surface area contributed by atoms with Crippen LogP contribution in [-0.2, 0) is 9.59 Å². The molecule has 0 aliphatic carbocycles. The Balaban J connectivity index is 2.08. The van der Waals surface area contributed by atoms with Crippen molar-refractivity contribution in [3.63, 3.8) is 0 Å². The molecule has 0 radical (unpaired) electrons. The van der Waals surface area contributed by atoms with Crippen molar-refractivity contribution in [2.45, 2.75) is 19.8 Å². The van der Waals surface area contributed by atoms with Gasteiger partial charge in [0.25, 0.3) is 0 Å². The van der Waals surface area contributed by atoms with Crippen LogP contribution in [0.4, 0.5) is 10.1 Å². The van der Waals surface area contributed by atoms with E-state index < -0.39 is 35.3 Å². The first-order valence-electron chi connectivity index (χ1n) is 10.1. The zero-order chi connectivity index (χ0) is 22.4. The summed E-state index contributed by atoms with van der Waals surface area (Å²) in [5.74, 6) is -4.49. The molecule has 3 rings (SSSR count). The number of nitrogens with one attached hydrogen (secondary N) is 1. The van der Waals surface area contributed by atoms with Crippen LogP contribution in [0, 0.1) is 17.7 Å². The number of amides is 1. The molecular formula is C26H24FNO3. The third-order valence-corrected chi connectivity index (χ3v) is 5.10. The number of carbonyl (C=O) groups excluding carboxylic acids is 3. The highest BCUT2D eigenvalue weighted by molar-refractivity contribution is 6.14. The van der Waals surface area contributed by atoms with Crippen LogP contribution in [0.3, 0.4) is 0 Å². The van der Waals surface area contributed by atoms with Gasteiger partial charge in [0.15, 0.2) is 5.78 Å². The molecule has 5 heteroatoms. The minimum atomic E-state index is -1.24. The monoisotopic (exact) mass is 417 g/mol. The molecule has 0 saturated carbocycles. The SMILES string of the molecule is CC(C)C(=O)C(C(=O)Nc1ccccc1)[C@H](C(=O)c1ccc(F)cc1)c1ccccc1. The minimum absolute atomic E-state index is 0.240. The summed E-state index contributed by atoms with van der Waals surface area (Å²) >= 11 is 0. The van der Waals surface area contributed by atoms with E-state index in [1.54, 1.807) is 68.4 Å². The maximum absolute atomic E-state index is 13.5. The van der Waals surface area contributed by atoms with Crippen molar-refractivity contribution in [2.75, 3.05) is 5.32 Å². The Kier molecular flexibility index (Phi) is 7.08. The highest BCUT2D eigenvalue weighted by atomic mass is 19.1. The second-order valence-electron chi connectivity index (χ2n) is 7.65. The van der Waals surface area contributed by atoms with E-state index in [2.05, 4.69) is 5.32 Å². The average Bonchev–Trinajstić information content (AvgIpc) is 2.78. The van der Waals surface area contributed by atoms with Gasteiger partial charge in [0.2, 0.25) is 5.91 Å². The van der Waals surface area contributed by atoms with Crippen LogP contribution in [0.1, 0.15) is 35.7 Å². The number of rotatable bonds is 8. The van der Waals surface area contributed by atoms with E-state index >= 15 is 0 Å². The molecule has 0 saturated heterocycles. The first kappa shape index (κ1) is 22.1. The van der Waals surface area contributed by atoms with E-state index in [0.717, 1.165) is 0 Å². The second kappa shape index (κ2) is 9.94. The molecule has 0 aliphatic rings. The summed E-state index contributed by atoms with van der Waals surface area (Å²) in [5, 5.41) is 2.77. The Morgan fingerprint density at radius 3 is 1.87 bits per heavy atom. The maximum Gasteiger partial charge on any atom is 0.236 e. The summed E-state index contributed by atoms with van der Waals surface area (Å²) < 4.78 is 13.4. The van der Waals surface area contributed by atoms with Gasteiger partial charge in [0, 0.05) is 17.2 Å². The molecule has 0 heterocycles. The smallest absolute Gasteiger partial charge is 0.236 e. The first-order valence-corrected chi connectivity index (χ1v) is 10.1. The van der Waals surface area contributed by atoms with E-state index in [9.17, 15) is 18.8 Å². The fourth-order valence-corrected chi connectivity index (χ4v) is 3.49. The predicted octanol–water partition coefficient (Wildman–Crippen LogP) is 5.27. The molecule has 3 aromatic carbocycles. The Labute approximate surface area is 181 Å². The van der Waals surface area contributed by atoms with E-state index in [4.69, 9.17) is 0 Å². The lowest BCUT2D eigenvalue weighted by Crippen LogP contribution is -2.40. The van der Waals surface area contributed by atoms with Crippen LogP contribution in [-0.4, -0.2) is 17.5 Å². The normalized spacial score (nSPS) is 12.8. The quantitative estimate of drug-likeness (QED) is 0.401. The lowest BCUT2D eigenvalue weighted by atomic mass is 9.75. The molecule has 3 aromatic rings. The zero-order valence-electron chi connectivity index (χ0n) is 17.4. The molecule has 158 valence electrons. The second-order valence-corrected chi connectivity index (χ2v) is 7.65. The lowest BCUT2D eigenvalue weighted by Gasteiger charge is -2.26. The van der Waals surface area contributed by atoms with Crippen LogP contribution in [0.25, 0.3) is 0 Å². The van der Waals surface area contributed by atoms with Crippen LogP contribution >= 0.6 is 0 Å². The van der Waals surface area contributed by atoms with Crippen LogP contribution in [0.15, 0.2) is 84.9 Å². The average molecular weight is 417 g/mol. The standard InChI is InChI=1S/C26H24FNO3/c1-17(2)24(29)23(26(31)28-21-11-7-4-8-12-21)22(18-9-5-3-6-10-18)25(30)19-13-15-20(27)16-14-19/h3-17,22-23H,1-2H3,(H,28,31)/t22-,23?/m1/s1. The van der Waals surface area contributed by atoms with Gasteiger partial charge in [-0.1, -0.05) is 62.4 Å². The summed E-state index contributed by atoms with van der Waals surface area (Å²) in [7, 11) is 0. The number of halogens is 1. The number of para-hydroxylation sites is 1. The van der Waals surface area contributed by atoms with Gasteiger partial charge >= 0.3 is 0 Å². The topological polar surface area (TPSA) is 63.2 Å². The maximum atomic E-state index is 13.5. The van der Waals surface area contributed by atoms with Crippen molar-refractivity contribution >= 4 is 23.2 Å². The Morgan fingerprint density at radius 1 is 0.774 bits per heavy atom. The molecule has 0 spiro atoms. The molecule has 31 heavy (non-hydrogen) atoms. The number of carbonyl (C=O) groups is 3. The molecule has 0 fully saturated rings. The fraction of sp³-hybridized carbons (Fsp3) is 0.192. The molecular weight excluding hydrogens is 393 g/mol. The molecule has 0 aromatic heterocycles. The molecule has 0 aliphatic heterocycles. The lowest BCUT2D eigenvalue weighted by molar-refractivity contribution is -0.133. The number of benzene rings is 3. The predicted molar refractivity (Wildman–Crippen MR) is 118 cm³/mol. The van der Waals surface area contributed by atoms with Crippen molar-refractivity contribution in [1.29, 1.82) is 0 Å². The number of Topliss-reactive ketones (excluding diaryl/α,β-unsaturated/α-hetero) is 2. The van der Waals surface area contributed by atoms with E-state index in [0.29, 0.717) is 11.3 Å². The first-order chi connectivity index (χ1) is 14.9. The summed E-state index contributed by atoms with van der Waals surface area (Å²) in [5.41, 5.74) is 1.33. The zero-order valence-corrected chi connectivity index (χ0v) is 17.4. The Hall–Kier alpha value is -3.60. The van der Waals surface area contributed by atoms with Gasteiger partial charge in [-0.05, 0) is 42.0 Å². The van der Waals surface area contributed by atoms with Crippen molar-refractivity contribution < 1.29 is 18.8 Å². The van der Waals surface area contributed by atoms with E-state index in [-0.39, 0.29) is 11.3 Å². The van der Waals surface area contributed by atoms with Crippen molar-refractivity contribution in [1.82, 2.24) is 0 Å². The van der Waals surface area contributed by atoms with Gasteiger partial charge in [-0.3, -0.25) is 14.4 Å². The summed E-state index contributed by atoms with van der Waals surface area (Å²) in [6, 6.07) is 22.7. The Bertz CT molecular complexity index is 1050. The van der Waals surface area contributed by atoms with E-state index in [1.807, 2.05) is 6.07 Å². The summed E-state index contributed by atoms with van der Waals surface area (Å²) in [6.07, 6.45) is 0. The van der Waals surface area contributed by atoms with Crippen LogP contribution < -0.4 is 5.32 Å². The van der Waals surface area contributed by atoms with Crippen LogP contribution in [0.5, 0.6) is 0 Å². The van der Waals surface area contributed by atoms with Crippen LogP contribution in [0.2, 0.25) is 0 Å². The van der Waals surface area contributed by atoms with E-state index in [1.165, 1.54) is 24.3 Å². The van der Waals surface area contributed by atoms with Gasteiger partial charge in [0.1, 0.15) is 17.5 Å².